The van der Waals surface area contributed by atoms with Crippen molar-refractivity contribution in [1.29, 1.82) is 5.41 Å². The van der Waals surface area contributed by atoms with Gasteiger partial charge in [0, 0.05) is 10.6 Å². The molecule has 9 heteroatoms. The first-order valence-electron chi connectivity index (χ1n) is 8.31. The van der Waals surface area contributed by atoms with Crippen LogP contribution in [0.1, 0.15) is 24.7 Å². The first kappa shape index (κ1) is 20.4. The molecule has 144 valence electrons. The van der Waals surface area contributed by atoms with Crippen LogP contribution in [-0.2, 0) is 4.79 Å². The molecule has 0 saturated heterocycles. The summed E-state index contributed by atoms with van der Waals surface area (Å²) in [6, 6.07) is 9.22. The normalized spacial score (nSPS) is 17.4. The van der Waals surface area contributed by atoms with Gasteiger partial charge >= 0.3 is 0 Å². The van der Waals surface area contributed by atoms with Crippen LogP contribution in [0.4, 0.5) is 0 Å². The van der Waals surface area contributed by atoms with Crippen molar-refractivity contribution in [3.8, 4) is 11.3 Å². The lowest BCUT2D eigenvalue weighted by atomic mass is 10.1. The fraction of sp³-hybridized carbons (Fsp3) is 0.158. The van der Waals surface area contributed by atoms with E-state index in [2.05, 4.69) is 10.1 Å². The molecule has 0 fully saturated rings. The lowest BCUT2D eigenvalue weighted by molar-refractivity contribution is -0.114. The summed E-state index contributed by atoms with van der Waals surface area (Å²) in [5.41, 5.74) is 1.97. The largest absolute Gasteiger partial charge is 0.457 e. The van der Waals surface area contributed by atoms with Gasteiger partial charge in [-0.1, -0.05) is 30.7 Å². The number of nitrogens with one attached hydrogen (secondary N) is 1. The van der Waals surface area contributed by atoms with Crippen LogP contribution in [-0.4, -0.2) is 27.0 Å². The van der Waals surface area contributed by atoms with Gasteiger partial charge < -0.3 is 4.42 Å². The van der Waals surface area contributed by atoms with Crippen LogP contribution >= 0.6 is 35.8 Å². The Morgan fingerprint density at radius 2 is 2.11 bits per heavy atom. The van der Waals surface area contributed by atoms with Crippen molar-refractivity contribution >= 4 is 63.8 Å². The lowest BCUT2D eigenvalue weighted by Crippen LogP contribution is -2.35. The zero-order chi connectivity index (χ0) is 19.1. The summed E-state index contributed by atoms with van der Waals surface area (Å²) in [6.45, 7) is 3.90. The Balaban J connectivity index is 0.00000225. The van der Waals surface area contributed by atoms with Crippen molar-refractivity contribution < 1.29 is 9.21 Å². The second kappa shape index (κ2) is 7.95. The Labute approximate surface area is 177 Å². The number of furan rings is 1. The number of nitrogens with zero attached hydrogens (tertiary/aromatic N) is 3. The van der Waals surface area contributed by atoms with Crippen LogP contribution in [0.3, 0.4) is 0 Å². The first-order valence-corrected chi connectivity index (χ1v) is 9.51. The number of benzene rings is 1. The van der Waals surface area contributed by atoms with E-state index in [1.807, 2.05) is 32.0 Å². The number of halogens is 2. The smallest absolute Gasteiger partial charge is 0.283 e. The molecular weight excluding hydrogens is 419 g/mol. The van der Waals surface area contributed by atoms with Gasteiger partial charge in [-0.05, 0) is 54.9 Å². The molecule has 1 N–H and O–H groups in total. The van der Waals surface area contributed by atoms with E-state index in [-0.39, 0.29) is 23.8 Å². The van der Waals surface area contributed by atoms with Crippen LogP contribution in [0, 0.1) is 12.3 Å². The van der Waals surface area contributed by atoms with Crippen LogP contribution < -0.4 is 0 Å². The highest BCUT2D eigenvalue weighted by atomic mass is 35.5. The van der Waals surface area contributed by atoms with E-state index >= 15 is 0 Å². The highest BCUT2D eigenvalue weighted by molar-refractivity contribution is 8.26. The summed E-state index contributed by atoms with van der Waals surface area (Å²) in [5.74, 6) is 0.616. The number of rotatable bonds is 3. The molecule has 0 bridgehead atoms. The van der Waals surface area contributed by atoms with Crippen molar-refractivity contribution in [1.82, 2.24) is 5.01 Å². The SMILES string of the molecule is CCC1=NN2C(=N)C(=Cc3ccc(-c4ccc(C)c(Cl)c4)o3)C(=O)N=C2S1.Cl. The second-order valence-corrected chi connectivity index (χ2v) is 7.48. The molecule has 0 unspecified atom stereocenters. The molecule has 0 radical (unpaired) electrons. The molecule has 0 saturated carbocycles. The number of carbonyl (C=O) groups excluding carboxylic acids is 1. The Hall–Kier alpha value is -2.35. The van der Waals surface area contributed by atoms with E-state index in [1.165, 1.54) is 22.8 Å². The molecule has 1 aromatic heterocycles. The molecule has 0 spiro atoms. The average molecular weight is 435 g/mol. The Morgan fingerprint density at radius 1 is 1.32 bits per heavy atom. The van der Waals surface area contributed by atoms with Gasteiger partial charge in [-0.15, -0.1) is 12.4 Å². The van der Waals surface area contributed by atoms with Crippen molar-refractivity contribution in [3.63, 3.8) is 0 Å². The fourth-order valence-corrected chi connectivity index (χ4v) is 3.65. The van der Waals surface area contributed by atoms with Crippen molar-refractivity contribution in [3.05, 3.63) is 52.3 Å². The minimum absolute atomic E-state index is 0. The summed E-state index contributed by atoms with van der Waals surface area (Å²) < 4.78 is 5.83. The number of thioether (sulfide) groups is 1. The van der Waals surface area contributed by atoms with Crippen molar-refractivity contribution in [2.75, 3.05) is 0 Å². The maximum Gasteiger partial charge on any atom is 0.283 e. The number of hydrogen-bond donors (Lipinski definition) is 1. The van der Waals surface area contributed by atoms with Gasteiger partial charge in [0.1, 0.15) is 16.6 Å². The first-order chi connectivity index (χ1) is 13.0. The molecule has 1 amide bonds. The van der Waals surface area contributed by atoms with Gasteiger partial charge in [-0.2, -0.15) is 15.1 Å². The van der Waals surface area contributed by atoms with E-state index in [1.54, 1.807) is 12.1 Å². The number of hydrogen-bond acceptors (Lipinski definition) is 5. The maximum absolute atomic E-state index is 12.4. The molecular formula is C19H16Cl2N4O2S. The zero-order valence-corrected chi connectivity index (χ0v) is 17.4. The lowest BCUT2D eigenvalue weighted by Gasteiger charge is -2.19. The monoisotopic (exact) mass is 434 g/mol. The topological polar surface area (TPSA) is 82.0 Å². The third kappa shape index (κ3) is 3.65. The van der Waals surface area contributed by atoms with Gasteiger partial charge in [-0.3, -0.25) is 10.2 Å². The standard InChI is InChI=1S/C19H15ClN4O2S.ClH/c1-3-16-23-24-17(21)13(18(25)22-19(24)27-16)9-12-6-7-15(26-12)11-5-4-10(2)14(20)8-11;/h4-9,21H,3H2,1-2H3;1H. The van der Waals surface area contributed by atoms with Gasteiger partial charge in [0.15, 0.2) is 5.84 Å². The number of amidine groups is 2. The average Bonchev–Trinajstić information content (AvgIpc) is 3.28. The van der Waals surface area contributed by atoms with E-state index < -0.39 is 5.91 Å². The molecule has 1 aromatic carbocycles. The predicted octanol–water partition coefficient (Wildman–Crippen LogP) is 5.36. The molecule has 0 atom stereocenters. The molecule has 3 heterocycles. The summed E-state index contributed by atoms with van der Waals surface area (Å²) in [4.78, 5) is 16.4. The number of amides is 1. The number of fused-ring (bicyclic) bond motifs is 1. The number of aryl methyl sites for hydroxylation is 1. The van der Waals surface area contributed by atoms with Crippen LogP contribution in [0.5, 0.6) is 0 Å². The Morgan fingerprint density at radius 3 is 2.82 bits per heavy atom. The molecule has 2 aromatic rings. The predicted molar refractivity (Wildman–Crippen MR) is 116 cm³/mol. The third-order valence-electron chi connectivity index (χ3n) is 4.17. The molecule has 2 aliphatic heterocycles. The van der Waals surface area contributed by atoms with Gasteiger partial charge in [0.2, 0.25) is 5.17 Å². The minimum Gasteiger partial charge on any atom is -0.457 e. The minimum atomic E-state index is -0.470. The number of hydrazone groups is 1. The van der Waals surface area contributed by atoms with E-state index in [9.17, 15) is 4.79 Å². The third-order valence-corrected chi connectivity index (χ3v) is 5.63. The molecule has 4 rings (SSSR count). The summed E-state index contributed by atoms with van der Waals surface area (Å²) >= 11 is 7.49. The van der Waals surface area contributed by atoms with E-state index in [0.29, 0.717) is 21.7 Å². The van der Waals surface area contributed by atoms with Gasteiger partial charge in [0.05, 0.1) is 5.57 Å². The summed E-state index contributed by atoms with van der Waals surface area (Å²) in [6.07, 6.45) is 2.25. The van der Waals surface area contributed by atoms with Crippen molar-refractivity contribution in [2.24, 2.45) is 10.1 Å². The quantitative estimate of drug-likeness (QED) is 0.658. The second-order valence-electron chi connectivity index (χ2n) is 6.03. The number of aliphatic imine (C=N–C) groups is 1. The maximum atomic E-state index is 12.4. The Bertz CT molecular complexity index is 1070. The summed E-state index contributed by atoms with van der Waals surface area (Å²) in [7, 11) is 0. The zero-order valence-electron chi connectivity index (χ0n) is 15.0. The van der Waals surface area contributed by atoms with Crippen molar-refractivity contribution in [2.45, 2.75) is 20.3 Å². The highest BCUT2D eigenvalue weighted by Gasteiger charge is 2.35. The van der Waals surface area contributed by atoms with Crippen LogP contribution in [0.25, 0.3) is 17.4 Å². The molecule has 6 nitrogen and oxygen atoms in total. The van der Waals surface area contributed by atoms with Crippen LogP contribution in [0.15, 0.2) is 50.4 Å². The van der Waals surface area contributed by atoms with Crippen LogP contribution in [0.2, 0.25) is 5.02 Å². The van der Waals surface area contributed by atoms with E-state index in [0.717, 1.165) is 22.6 Å². The van der Waals surface area contributed by atoms with Gasteiger partial charge in [0.25, 0.3) is 5.91 Å². The molecule has 0 aliphatic carbocycles. The Kier molecular flexibility index (Phi) is 5.79. The molecule has 2 aliphatic rings. The molecule has 28 heavy (non-hydrogen) atoms. The number of carbonyl (C=O) groups is 1. The van der Waals surface area contributed by atoms with E-state index in [4.69, 9.17) is 21.4 Å². The van der Waals surface area contributed by atoms with Gasteiger partial charge in [-0.25, -0.2) is 0 Å². The highest BCUT2D eigenvalue weighted by Crippen LogP contribution is 2.31. The summed E-state index contributed by atoms with van der Waals surface area (Å²) in [5, 5.41) is 15.9. The fourth-order valence-electron chi connectivity index (χ4n) is 2.65.